The Balaban J connectivity index is 2.88. The zero-order chi connectivity index (χ0) is 14.5. The van der Waals surface area contributed by atoms with Crippen LogP contribution in [0.25, 0.3) is 0 Å². The van der Waals surface area contributed by atoms with Gasteiger partial charge in [-0.1, -0.05) is 32.9 Å². The van der Waals surface area contributed by atoms with Crippen LogP contribution < -0.4 is 4.74 Å². The molecule has 0 aliphatic rings. The largest absolute Gasteiger partial charge is 0.496 e. The first-order valence-electron chi connectivity index (χ1n) is 6.71. The maximum atomic E-state index is 11.4. The number of esters is 1. The SMILES string of the molecule is CCOC(=O)CCc1cc(C(C)(C)C)ccc1OC. The van der Waals surface area contributed by atoms with Crippen LogP contribution >= 0.6 is 0 Å². The summed E-state index contributed by atoms with van der Waals surface area (Å²) in [7, 11) is 1.65. The molecule has 1 aromatic rings. The first-order chi connectivity index (χ1) is 8.88. The molecular formula is C16H24O3. The minimum absolute atomic E-state index is 0.0882. The van der Waals surface area contributed by atoms with Gasteiger partial charge >= 0.3 is 5.97 Å². The Bertz CT molecular complexity index is 430. The van der Waals surface area contributed by atoms with Crippen molar-refractivity contribution < 1.29 is 14.3 Å². The van der Waals surface area contributed by atoms with Crippen LogP contribution in [-0.4, -0.2) is 19.7 Å². The van der Waals surface area contributed by atoms with Gasteiger partial charge in [0, 0.05) is 6.42 Å². The minimum Gasteiger partial charge on any atom is -0.496 e. The summed E-state index contributed by atoms with van der Waals surface area (Å²) in [4.78, 5) is 11.4. The fourth-order valence-corrected chi connectivity index (χ4v) is 1.91. The van der Waals surface area contributed by atoms with Crippen molar-refractivity contribution >= 4 is 5.97 Å². The highest BCUT2D eigenvalue weighted by Crippen LogP contribution is 2.28. The van der Waals surface area contributed by atoms with Gasteiger partial charge in [0.25, 0.3) is 0 Å². The Morgan fingerprint density at radius 2 is 1.95 bits per heavy atom. The van der Waals surface area contributed by atoms with Gasteiger partial charge in [-0.25, -0.2) is 0 Å². The number of aryl methyl sites for hydroxylation is 1. The third kappa shape index (κ3) is 4.58. The number of hydrogen-bond acceptors (Lipinski definition) is 3. The van der Waals surface area contributed by atoms with E-state index in [1.54, 1.807) is 7.11 Å². The maximum absolute atomic E-state index is 11.4. The van der Waals surface area contributed by atoms with Crippen LogP contribution in [0.15, 0.2) is 18.2 Å². The van der Waals surface area contributed by atoms with Crippen LogP contribution in [0.3, 0.4) is 0 Å². The third-order valence-electron chi connectivity index (χ3n) is 3.05. The standard InChI is InChI=1S/C16H24O3/c1-6-19-15(17)10-7-12-11-13(16(2,3)4)8-9-14(12)18-5/h8-9,11H,6-7,10H2,1-5H3. The molecule has 3 heteroatoms. The first-order valence-corrected chi connectivity index (χ1v) is 6.71. The van der Waals surface area contributed by atoms with E-state index >= 15 is 0 Å². The number of carbonyl (C=O) groups excluding carboxylic acids is 1. The van der Waals surface area contributed by atoms with Crippen molar-refractivity contribution in [2.24, 2.45) is 0 Å². The van der Waals surface area contributed by atoms with Gasteiger partial charge in [-0.15, -0.1) is 0 Å². The molecule has 0 atom stereocenters. The van der Waals surface area contributed by atoms with Crippen LogP contribution in [0.2, 0.25) is 0 Å². The second-order valence-electron chi connectivity index (χ2n) is 5.58. The lowest BCUT2D eigenvalue weighted by Gasteiger charge is -2.21. The van der Waals surface area contributed by atoms with Crippen LogP contribution in [0.1, 0.15) is 45.2 Å². The van der Waals surface area contributed by atoms with Gasteiger partial charge in [0.1, 0.15) is 5.75 Å². The molecular weight excluding hydrogens is 240 g/mol. The zero-order valence-electron chi connectivity index (χ0n) is 12.6. The van der Waals surface area contributed by atoms with Gasteiger partial charge < -0.3 is 9.47 Å². The van der Waals surface area contributed by atoms with Crippen molar-refractivity contribution in [3.8, 4) is 5.75 Å². The van der Waals surface area contributed by atoms with E-state index in [0.717, 1.165) is 11.3 Å². The van der Waals surface area contributed by atoms with Crippen LogP contribution in [-0.2, 0) is 21.4 Å². The summed E-state index contributed by atoms with van der Waals surface area (Å²) < 4.78 is 10.3. The Morgan fingerprint density at radius 1 is 1.26 bits per heavy atom. The average Bonchev–Trinajstić information content (AvgIpc) is 2.35. The van der Waals surface area contributed by atoms with E-state index in [4.69, 9.17) is 9.47 Å². The fourth-order valence-electron chi connectivity index (χ4n) is 1.91. The van der Waals surface area contributed by atoms with E-state index in [-0.39, 0.29) is 11.4 Å². The molecule has 0 heterocycles. The lowest BCUT2D eigenvalue weighted by molar-refractivity contribution is -0.143. The summed E-state index contributed by atoms with van der Waals surface area (Å²) >= 11 is 0. The maximum Gasteiger partial charge on any atom is 0.306 e. The Morgan fingerprint density at radius 3 is 2.47 bits per heavy atom. The quantitative estimate of drug-likeness (QED) is 0.764. The molecule has 1 aromatic carbocycles. The molecule has 0 saturated heterocycles. The second kappa shape index (κ2) is 6.60. The molecule has 1 rings (SSSR count). The summed E-state index contributed by atoms with van der Waals surface area (Å²) in [6.07, 6.45) is 1.03. The molecule has 0 unspecified atom stereocenters. The molecule has 0 spiro atoms. The van der Waals surface area contributed by atoms with E-state index in [1.807, 2.05) is 13.0 Å². The topological polar surface area (TPSA) is 35.5 Å². The molecule has 0 aromatic heterocycles. The fraction of sp³-hybridized carbons (Fsp3) is 0.562. The molecule has 0 radical (unpaired) electrons. The number of hydrogen-bond donors (Lipinski definition) is 0. The van der Waals surface area contributed by atoms with Gasteiger partial charge in [-0.2, -0.15) is 0 Å². The van der Waals surface area contributed by atoms with Gasteiger partial charge in [0.05, 0.1) is 13.7 Å². The molecule has 0 aliphatic carbocycles. The Kier molecular flexibility index (Phi) is 5.40. The first kappa shape index (κ1) is 15.5. The van der Waals surface area contributed by atoms with Gasteiger partial charge in [0.15, 0.2) is 0 Å². The van der Waals surface area contributed by atoms with E-state index in [9.17, 15) is 4.79 Å². The van der Waals surface area contributed by atoms with Crippen molar-refractivity contribution in [1.29, 1.82) is 0 Å². The average molecular weight is 264 g/mol. The normalized spacial score (nSPS) is 11.2. The molecule has 0 saturated carbocycles. The van der Waals surface area contributed by atoms with Crippen molar-refractivity contribution in [3.63, 3.8) is 0 Å². The molecule has 0 N–H and O–H groups in total. The van der Waals surface area contributed by atoms with Crippen molar-refractivity contribution in [2.45, 2.75) is 46.0 Å². The van der Waals surface area contributed by atoms with Gasteiger partial charge in [-0.3, -0.25) is 4.79 Å². The number of ether oxygens (including phenoxy) is 2. The molecule has 3 nitrogen and oxygen atoms in total. The van der Waals surface area contributed by atoms with E-state index in [1.165, 1.54) is 5.56 Å². The highest BCUT2D eigenvalue weighted by atomic mass is 16.5. The number of rotatable bonds is 5. The highest BCUT2D eigenvalue weighted by Gasteiger charge is 2.16. The summed E-state index contributed by atoms with van der Waals surface area (Å²) in [5.41, 5.74) is 2.39. The van der Waals surface area contributed by atoms with Crippen molar-refractivity contribution in [1.82, 2.24) is 0 Å². The Hall–Kier alpha value is -1.51. The van der Waals surface area contributed by atoms with Crippen LogP contribution in [0.5, 0.6) is 5.75 Å². The Labute approximate surface area is 115 Å². The van der Waals surface area contributed by atoms with Crippen molar-refractivity contribution in [3.05, 3.63) is 29.3 Å². The van der Waals surface area contributed by atoms with E-state index in [2.05, 4.69) is 32.9 Å². The monoisotopic (exact) mass is 264 g/mol. The predicted octanol–water partition coefficient (Wildman–Crippen LogP) is 3.49. The van der Waals surface area contributed by atoms with Gasteiger partial charge in [-0.05, 0) is 36.0 Å². The molecule has 19 heavy (non-hydrogen) atoms. The predicted molar refractivity (Wildman–Crippen MR) is 76.6 cm³/mol. The summed E-state index contributed by atoms with van der Waals surface area (Å²) in [6, 6.07) is 6.17. The molecule has 0 amide bonds. The summed E-state index contributed by atoms with van der Waals surface area (Å²) in [6.45, 7) is 8.76. The second-order valence-corrected chi connectivity index (χ2v) is 5.58. The van der Waals surface area contributed by atoms with E-state index in [0.29, 0.717) is 19.4 Å². The zero-order valence-corrected chi connectivity index (χ0v) is 12.6. The summed E-state index contributed by atoms with van der Waals surface area (Å²) in [5, 5.41) is 0. The smallest absolute Gasteiger partial charge is 0.306 e. The highest BCUT2D eigenvalue weighted by molar-refractivity contribution is 5.69. The molecule has 106 valence electrons. The third-order valence-corrected chi connectivity index (χ3v) is 3.05. The number of carbonyl (C=O) groups is 1. The minimum atomic E-state index is -0.161. The molecule has 0 aliphatic heterocycles. The van der Waals surface area contributed by atoms with E-state index < -0.39 is 0 Å². The number of methoxy groups -OCH3 is 1. The molecule has 0 fully saturated rings. The lowest BCUT2D eigenvalue weighted by Crippen LogP contribution is -2.12. The van der Waals surface area contributed by atoms with Crippen molar-refractivity contribution in [2.75, 3.05) is 13.7 Å². The number of benzene rings is 1. The molecule has 0 bridgehead atoms. The van der Waals surface area contributed by atoms with Gasteiger partial charge in [0.2, 0.25) is 0 Å². The van der Waals surface area contributed by atoms with Crippen LogP contribution in [0, 0.1) is 0 Å². The summed E-state index contributed by atoms with van der Waals surface area (Å²) in [5.74, 6) is 0.669. The lowest BCUT2D eigenvalue weighted by atomic mass is 9.85. The van der Waals surface area contributed by atoms with Crippen LogP contribution in [0.4, 0.5) is 0 Å².